The molecule has 3 rings (SSSR count). The molecule has 1 aromatic heterocycles. The van der Waals surface area contributed by atoms with Gasteiger partial charge >= 0.3 is 0 Å². The summed E-state index contributed by atoms with van der Waals surface area (Å²) in [6.45, 7) is 19.0. The summed E-state index contributed by atoms with van der Waals surface area (Å²) in [5.74, 6) is 0.0163. The van der Waals surface area contributed by atoms with Gasteiger partial charge in [-0.15, -0.1) is 11.3 Å². The molecule has 2 aromatic rings. The van der Waals surface area contributed by atoms with Crippen LogP contribution in [-0.4, -0.2) is 51.7 Å². The highest BCUT2D eigenvalue weighted by Gasteiger charge is 2.42. The highest BCUT2D eigenvalue weighted by molar-refractivity contribution is 7.13. The van der Waals surface area contributed by atoms with Gasteiger partial charge in [-0.1, -0.05) is 65.5 Å². The van der Waals surface area contributed by atoms with Gasteiger partial charge < -0.3 is 20.6 Å². The van der Waals surface area contributed by atoms with E-state index < -0.39 is 6.10 Å². The van der Waals surface area contributed by atoms with E-state index >= 15 is 0 Å². The number of aliphatic hydroxyl groups is 1. The Bertz CT molecular complexity index is 993. The number of nitrogens with zero attached hydrogens (tertiary/aromatic N) is 2. The number of hydrogen-bond acceptors (Lipinski definition) is 6. The second-order valence-corrected chi connectivity index (χ2v) is 11.7. The lowest BCUT2D eigenvalue weighted by molar-refractivity contribution is -0.137. The summed E-state index contributed by atoms with van der Waals surface area (Å²) in [5.41, 5.74) is 5.73. The number of hydrogen-bond donors (Lipinski definition) is 3. The van der Waals surface area contributed by atoms with E-state index in [0.717, 1.165) is 22.5 Å². The molecule has 2 heterocycles. The maximum absolute atomic E-state index is 13.6. The first-order valence-electron chi connectivity index (χ1n) is 12.1. The summed E-state index contributed by atoms with van der Waals surface area (Å²) in [6, 6.07) is 8.09. The van der Waals surface area contributed by atoms with Crippen LogP contribution >= 0.6 is 11.3 Å². The second kappa shape index (κ2) is 10.6. The standard InChI is InChI=1S/C27H40N4O2S/c1-16(2)29-25(27(6,7)8)26(33)31-14-22(32)13-23(31)18(4)30-17(3)20-9-11-21(12-10-20)24-19(5)28-15-34-24/h9-12,15-17,22-23,25,29-30,32H,4,13-14H2,1-3,5-8H3/t17-,22-,23+,25+/m0/s1. The zero-order valence-corrected chi connectivity index (χ0v) is 22.4. The maximum Gasteiger partial charge on any atom is 0.240 e. The minimum atomic E-state index is -0.551. The molecule has 1 aromatic carbocycles. The van der Waals surface area contributed by atoms with E-state index in [0.29, 0.717) is 13.0 Å². The first-order valence-corrected chi connectivity index (χ1v) is 13.0. The number of aliphatic hydroxyl groups excluding tert-OH is 1. The van der Waals surface area contributed by atoms with Gasteiger partial charge in [0.2, 0.25) is 5.91 Å². The van der Waals surface area contributed by atoms with E-state index in [-0.39, 0.29) is 35.5 Å². The molecule has 0 bridgehead atoms. The lowest BCUT2D eigenvalue weighted by atomic mass is 9.85. The predicted molar refractivity (Wildman–Crippen MR) is 141 cm³/mol. The molecule has 6 nitrogen and oxygen atoms in total. The largest absolute Gasteiger partial charge is 0.391 e. The number of aromatic nitrogens is 1. The van der Waals surface area contributed by atoms with Crippen LogP contribution in [0.1, 0.15) is 65.3 Å². The Balaban J connectivity index is 1.72. The van der Waals surface area contributed by atoms with Gasteiger partial charge in [0.25, 0.3) is 0 Å². The number of aryl methyl sites for hydroxylation is 1. The average molecular weight is 485 g/mol. The fraction of sp³-hybridized carbons (Fsp3) is 0.556. The van der Waals surface area contributed by atoms with Crippen LogP contribution in [-0.2, 0) is 4.79 Å². The van der Waals surface area contributed by atoms with Gasteiger partial charge in [-0.3, -0.25) is 4.79 Å². The summed E-state index contributed by atoms with van der Waals surface area (Å²) < 4.78 is 0. The monoisotopic (exact) mass is 484 g/mol. The molecule has 186 valence electrons. The molecule has 0 saturated carbocycles. The molecule has 4 atom stereocenters. The van der Waals surface area contributed by atoms with E-state index in [2.05, 4.69) is 74.2 Å². The van der Waals surface area contributed by atoms with Crippen LogP contribution < -0.4 is 10.6 Å². The topological polar surface area (TPSA) is 77.5 Å². The minimum absolute atomic E-state index is 0.0163. The minimum Gasteiger partial charge on any atom is -0.391 e. The Morgan fingerprint density at radius 2 is 1.88 bits per heavy atom. The number of carbonyl (C=O) groups excluding carboxylic acids is 1. The summed E-state index contributed by atoms with van der Waals surface area (Å²) in [6.07, 6.45) is -0.0590. The number of benzene rings is 1. The molecule has 1 amide bonds. The Labute approximate surface area is 208 Å². The SMILES string of the molecule is C=C(N[C@@H](C)c1ccc(-c2scnc2C)cc1)[C@H]1C[C@H](O)CN1C(=O)[C@@H](NC(C)C)C(C)(C)C. The number of likely N-dealkylation sites (tertiary alicyclic amines) is 1. The van der Waals surface area contributed by atoms with Crippen molar-refractivity contribution in [2.75, 3.05) is 6.54 Å². The molecular formula is C27H40N4O2S. The zero-order chi connectivity index (χ0) is 25.2. The van der Waals surface area contributed by atoms with Crippen molar-refractivity contribution in [1.29, 1.82) is 0 Å². The highest BCUT2D eigenvalue weighted by atomic mass is 32.1. The third-order valence-electron chi connectivity index (χ3n) is 6.40. The molecular weight excluding hydrogens is 444 g/mol. The number of thiazole rings is 1. The molecule has 0 radical (unpaired) electrons. The highest BCUT2D eigenvalue weighted by Crippen LogP contribution is 2.31. The Hall–Kier alpha value is -2.22. The first-order chi connectivity index (χ1) is 15.9. The van der Waals surface area contributed by atoms with E-state index in [1.807, 2.05) is 26.3 Å². The van der Waals surface area contributed by atoms with Gasteiger partial charge in [0.1, 0.15) is 0 Å². The van der Waals surface area contributed by atoms with Crippen LogP contribution in [0, 0.1) is 12.3 Å². The maximum atomic E-state index is 13.6. The molecule has 1 saturated heterocycles. The fourth-order valence-electron chi connectivity index (χ4n) is 4.54. The van der Waals surface area contributed by atoms with Gasteiger partial charge in [-0.2, -0.15) is 0 Å². The van der Waals surface area contributed by atoms with Crippen LogP contribution in [0.5, 0.6) is 0 Å². The van der Waals surface area contributed by atoms with E-state index in [4.69, 9.17) is 0 Å². The molecule has 0 aliphatic carbocycles. The van der Waals surface area contributed by atoms with Gasteiger partial charge in [0.15, 0.2) is 0 Å². The van der Waals surface area contributed by atoms with E-state index in [1.165, 1.54) is 4.88 Å². The van der Waals surface area contributed by atoms with Crippen molar-refractivity contribution in [3.8, 4) is 10.4 Å². The number of rotatable bonds is 8. The normalized spacial score (nSPS) is 20.4. The van der Waals surface area contributed by atoms with Crippen molar-refractivity contribution in [1.82, 2.24) is 20.5 Å². The van der Waals surface area contributed by atoms with Crippen LogP contribution in [0.2, 0.25) is 0 Å². The molecule has 7 heteroatoms. The van der Waals surface area contributed by atoms with Crippen molar-refractivity contribution >= 4 is 17.2 Å². The second-order valence-electron chi connectivity index (χ2n) is 10.8. The molecule has 1 fully saturated rings. The Morgan fingerprint density at radius 3 is 2.41 bits per heavy atom. The molecule has 1 aliphatic heterocycles. The quantitative estimate of drug-likeness (QED) is 0.508. The van der Waals surface area contributed by atoms with Crippen molar-refractivity contribution in [2.45, 2.75) is 85.2 Å². The average Bonchev–Trinajstić information content (AvgIpc) is 3.36. The number of nitrogens with one attached hydrogen (secondary N) is 2. The van der Waals surface area contributed by atoms with Crippen molar-refractivity contribution < 1.29 is 9.90 Å². The Kier molecular flexibility index (Phi) is 8.22. The fourth-order valence-corrected chi connectivity index (χ4v) is 5.35. The van der Waals surface area contributed by atoms with Crippen molar-refractivity contribution in [2.24, 2.45) is 5.41 Å². The van der Waals surface area contributed by atoms with Crippen molar-refractivity contribution in [3.05, 3.63) is 53.3 Å². The molecule has 3 N–H and O–H groups in total. The third kappa shape index (κ3) is 6.06. The van der Waals surface area contributed by atoms with E-state index in [9.17, 15) is 9.90 Å². The van der Waals surface area contributed by atoms with Crippen molar-refractivity contribution in [3.63, 3.8) is 0 Å². The molecule has 0 spiro atoms. The summed E-state index contributed by atoms with van der Waals surface area (Å²) in [5, 5.41) is 17.4. The lowest BCUT2D eigenvalue weighted by Gasteiger charge is -2.37. The van der Waals surface area contributed by atoms with E-state index in [1.54, 1.807) is 16.2 Å². The van der Waals surface area contributed by atoms with Crippen LogP contribution in [0.3, 0.4) is 0 Å². The van der Waals surface area contributed by atoms with Gasteiger partial charge in [0, 0.05) is 30.7 Å². The number of β-amino-alcohol motifs (C(OH)–C–C–N with tert-alkyl or cyclic N) is 1. The van der Waals surface area contributed by atoms with Gasteiger partial charge in [0.05, 0.1) is 34.3 Å². The summed E-state index contributed by atoms with van der Waals surface area (Å²) >= 11 is 1.65. The molecule has 0 unspecified atom stereocenters. The van der Waals surface area contributed by atoms with Crippen LogP contribution in [0.25, 0.3) is 10.4 Å². The number of carbonyl (C=O) groups is 1. The first kappa shape index (κ1) is 26.4. The summed E-state index contributed by atoms with van der Waals surface area (Å²) in [4.78, 5) is 20.9. The van der Waals surface area contributed by atoms with Gasteiger partial charge in [-0.05, 0) is 30.4 Å². The van der Waals surface area contributed by atoms with Crippen LogP contribution in [0.15, 0.2) is 42.1 Å². The Morgan fingerprint density at radius 1 is 1.24 bits per heavy atom. The lowest BCUT2D eigenvalue weighted by Crippen LogP contribution is -2.56. The third-order valence-corrected chi connectivity index (χ3v) is 7.38. The summed E-state index contributed by atoms with van der Waals surface area (Å²) in [7, 11) is 0. The zero-order valence-electron chi connectivity index (χ0n) is 21.6. The molecule has 34 heavy (non-hydrogen) atoms. The van der Waals surface area contributed by atoms with Gasteiger partial charge in [-0.25, -0.2) is 4.98 Å². The van der Waals surface area contributed by atoms with Crippen LogP contribution in [0.4, 0.5) is 0 Å². The molecule has 1 aliphatic rings. The number of amides is 1. The smallest absolute Gasteiger partial charge is 0.240 e. The predicted octanol–water partition coefficient (Wildman–Crippen LogP) is 4.66.